The Bertz CT molecular complexity index is 493. The van der Waals surface area contributed by atoms with Crippen molar-refractivity contribution in [3.05, 3.63) is 29.6 Å². The first-order chi connectivity index (χ1) is 14.8. The summed E-state index contributed by atoms with van der Waals surface area (Å²) in [6.07, 6.45) is 31.2. The average molecular weight is 417 g/mol. The van der Waals surface area contributed by atoms with Gasteiger partial charge in [0.05, 0.1) is 0 Å². The Kier molecular flexibility index (Phi) is 18.2. The summed E-state index contributed by atoms with van der Waals surface area (Å²) in [5.74, 6) is 0. The predicted octanol–water partition coefficient (Wildman–Crippen LogP) is 9.41. The van der Waals surface area contributed by atoms with E-state index in [0.29, 0.717) is 0 Å². The van der Waals surface area contributed by atoms with Crippen LogP contribution in [0.1, 0.15) is 147 Å². The van der Waals surface area contributed by atoms with Crippen LogP contribution < -0.4 is 4.57 Å². The molecule has 0 aliphatic rings. The Morgan fingerprint density at radius 3 is 1.30 bits per heavy atom. The van der Waals surface area contributed by atoms with E-state index in [0.717, 1.165) is 0 Å². The van der Waals surface area contributed by atoms with Gasteiger partial charge >= 0.3 is 0 Å². The van der Waals surface area contributed by atoms with E-state index >= 15 is 0 Å². The standard InChI is InChI=1S/C29H54N/c1-4-5-6-7-8-9-10-11-12-13-14-15-16-17-18-19-20-21-22-23-26-30-27-24-25-28(2)29(30)3/h24-25,27H,4-23,26H2,1-3H3/q+1. The van der Waals surface area contributed by atoms with Gasteiger partial charge < -0.3 is 0 Å². The van der Waals surface area contributed by atoms with E-state index < -0.39 is 0 Å². The molecular formula is C29H54N+. The van der Waals surface area contributed by atoms with Crippen molar-refractivity contribution < 1.29 is 4.57 Å². The lowest BCUT2D eigenvalue weighted by atomic mass is 10.0. The van der Waals surface area contributed by atoms with E-state index in [1.807, 2.05) is 0 Å². The zero-order chi connectivity index (χ0) is 21.7. The van der Waals surface area contributed by atoms with Crippen molar-refractivity contribution in [1.29, 1.82) is 0 Å². The van der Waals surface area contributed by atoms with Crippen LogP contribution in [0.3, 0.4) is 0 Å². The highest BCUT2D eigenvalue weighted by Gasteiger charge is 2.07. The number of hydrogen-bond donors (Lipinski definition) is 0. The lowest BCUT2D eigenvalue weighted by molar-refractivity contribution is -0.703. The lowest BCUT2D eigenvalue weighted by Gasteiger charge is -2.04. The second-order valence-corrected chi connectivity index (χ2v) is 9.69. The summed E-state index contributed by atoms with van der Waals surface area (Å²) in [7, 11) is 0. The highest BCUT2D eigenvalue weighted by molar-refractivity contribution is 5.11. The van der Waals surface area contributed by atoms with E-state index in [-0.39, 0.29) is 0 Å². The van der Waals surface area contributed by atoms with Crippen LogP contribution in [0.15, 0.2) is 18.3 Å². The zero-order valence-corrected chi connectivity index (χ0v) is 21.0. The summed E-state index contributed by atoms with van der Waals surface area (Å²) in [5.41, 5.74) is 2.83. The number of aromatic nitrogens is 1. The maximum atomic E-state index is 2.42. The Morgan fingerprint density at radius 1 is 0.533 bits per heavy atom. The number of hydrogen-bond acceptors (Lipinski definition) is 0. The lowest BCUT2D eigenvalue weighted by Crippen LogP contribution is -2.37. The molecule has 0 aliphatic carbocycles. The number of nitrogens with zero attached hydrogens (tertiary/aromatic N) is 1. The summed E-state index contributed by atoms with van der Waals surface area (Å²) >= 11 is 0. The largest absolute Gasteiger partial charge is 0.202 e. The number of unbranched alkanes of at least 4 members (excludes halogenated alkanes) is 19. The van der Waals surface area contributed by atoms with Gasteiger partial charge in [-0.15, -0.1) is 0 Å². The third kappa shape index (κ3) is 15.0. The van der Waals surface area contributed by atoms with Gasteiger partial charge in [0.25, 0.3) is 0 Å². The molecule has 0 spiro atoms. The Morgan fingerprint density at radius 2 is 0.900 bits per heavy atom. The highest BCUT2D eigenvalue weighted by Crippen LogP contribution is 2.14. The van der Waals surface area contributed by atoms with Gasteiger partial charge in [-0.1, -0.05) is 122 Å². The molecule has 1 aromatic heterocycles. The molecule has 0 unspecified atom stereocenters. The van der Waals surface area contributed by atoms with Crippen molar-refractivity contribution in [3.63, 3.8) is 0 Å². The third-order valence-electron chi connectivity index (χ3n) is 6.87. The molecule has 0 saturated carbocycles. The van der Waals surface area contributed by atoms with E-state index in [2.05, 4.69) is 43.7 Å². The first-order valence-electron chi connectivity index (χ1n) is 13.7. The number of rotatable bonds is 21. The maximum absolute atomic E-state index is 2.42. The topological polar surface area (TPSA) is 3.88 Å². The summed E-state index contributed by atoms with van der Waals surface area (Å²) in [5, 5.41) is 0. The first kappa shape index (κ1) is 27.2. The summed E-state index contributed by atoms with van der Waals surface area (Å²) in [6, 6.07) is 4.39. The minimum atomic E-state index is 1.19. The van der Waals surface area contributed by atoms with Crippen LogP contribution in [0.2, 0.25) is 0 Å². The molecular weight excluding hydrogens is 362 g/mol. The van der Waals surface area contributed by atoms with Crippen LogP contribution in [0.4, 0.5) is 0 Å². The van der Waals surface area contributed by atoms with E-state index in [1.165, 1.54) is 146 Å². The van der Waals surface area contributed by atoms with Gasteiger partial charge in [-0.25, -0.2) is 4.57 Å². The molecule has 1 heterocycles. The molecule has 30 heavy (non-hydrogen) atoms. The van der Waals surface area contributed by atoms with Gasteiger partial charge in [-0.2, -0.15) is 0 Å². The van der Waals surface area contributed by atoms with Gasteiger partial charge in [0, 0.05) is 25.0 Å². The third-order valence-corrected chi connectivity index (χ3v) is 6.87. The molecule has 1 rings (SSSR count). The van der Waals surface area contributed by atoms with Crippen LogP contribution in [0.5, 0.6) is 0 Å². The van der Waals surface area contributed by atoms with Gasteiger partial charge in [0.15, 0.2) is 11.9 Å². The predicted molar refractivity (Wildman–Crippen MR) is 134 cm³/mol. The average Bonchev–Trinajstić information content (AvgIpc) is 2.75. The molecule has 0 radical (unpaired) electrons. The second kappa shape index (κ2) is 20.1. The van der Waals surface area contributed by atoms with Crippen molar-refractivity contribution in [3.8, 4) is 0 Å². The summed E-state index contributed by atoms with van der Waals surface area (Å²) in [4.78, 5) is 0. The quantitative estimate of drug-likeness (QED) is 0.139. The molecule has 1 aromatic rings. The summed E-state index contributed by atoms with van der Waals surface area (Å²) < 4.78 is 2.42. The van der Waals surface area contributed by atoms with E-state index in [4.69, 9.17) is 0 Å². The van der Waals surface area contributed by atoms with Gasteiger partial charge in [-0.05, 0) is 19.4 Å². The molecule has 1 nitrogen and oxygen atoms in total. The first-order valence-corrected chi connectivity index (χ1v) is 13.7. The second-order valence-electron chi connectivity index (χ2n) is 9.69. The number of aryl methyl sites for hydroxylation is 2. The van der Waals surface area contributed by atoms with Crippen molar-refractivity contribution in [1.82, 2.24) is 0 Å². The minimum absolute atomic E-state index is 1.19. The smallest absolute Gasteiger partial charge is 0.181 e. The molecule has 0 saturated heterocycles. The van der Waals surface area contributed by atoms with Gasteiger partial charge in [0.2, 0.25) is 0 Å². The van der Waals surface area contributed by atoms with Crippen molar-refractivity contribution in [2.45, 2.75) is 156 Å². The van der Waals surface area contributed by atoms with Crippen LogP contribution in [-0.2, 0) is 6.54 Å². The molecule has 0 atom stereocenters. The monoisotopic (exact) mass is 416 g/mol. The fourth-order valence-electron chi connectivity index (χ4n) is 4.53. The fraction of sp³-hybridized carbons (Fsp3) is 0.828. The van der Waals surface area contributed by atoms with E-state index in [1.54, 1.807) is 0 Å². The van der Waals surface area contributed by atoms with Crippen molar-refractivity contribution in [2.24, 2.45) is 0 Å². The Labute approximate surface area is 190 Å². The number of pyridine rings is 1. The molecule has 0 amide bonds. The van der Waals surface area contributed by atoms with Gasteiger partial charge in [0.1, 0.15) is 6.54 Å². The molecule has 0 N–H and O–H groups in total. The van der Waals surface area contributed by atoms with Crippen molar-refractivity contribution in [2.75, 3.05) is 0 Å². The van der Waals surface area contributed by atoms with E-state index in [9.17, 15) is 0 Å². The summed E-state index contributed by atoms with van der Waals surface area (Å²) in [6.45, 7) is 7.94. The molecule has 0 bridgehead atoms. The Hall–Kier alpha value is -0.850. The highest BCUT2D eigenvalue weighted by atomic mass is 14.9. The maximum Gasteiger partial charge on any atom is 0.181 e. The molecule has 0 aromatic carbocycles. The van der Waals surface area contributed by atoms with Crippen LogP contribution >= 0.6 is 0 Å². The van der Waals surface area contributed by atoms with Crippen molar-refractivity contribution >= 4 is 0 Å². The van der Waals surface area contributed by atoms with Crippen LogP contribution in [0, 0.1) is 13.8 Å². The zero-order valence-electron chi connectivity index (χ0n) is 21.0. The molecule has 174 valence electrons. The Balaban J connectivity index is 1.74. The fourth-order valence-corrected chi connectivity index (χ4v) is 4.53. The normalized spacial score (nSPS) is 11.3. The van der Waals surface area contributed by atoms with Crippen LogP contribution in [-0.4, -0.2) is 0 Å². The molecule has 0 fully saturated rings. The van der Waals surface area contributed by atoms with Crippen LogP contribution in [0.25, 0.3) is 0 Å². The van der Waals surface area contributed by atoms with Gasteiger partial charge in [-0.3, -0.25) is 0 Å². The SMILES string of the molecule is CCCCCCCCCCCCCCCCCCCCCC[n+]1cccc(C)c1C. The molecule has 0 aliphatic heterocycles. The minimum Gasteiger partial charge on any atom is -0.202 e. The molecule has 1 heteroatoms.